The van der Waals surface area contributed by atoms with Crippen LogP contribution in [-0.4, -0.2) is 4.98 Å². The summed E-state index contributed by atoms with van der Waals surface area (Å²) < 4.78 is 0. The van der Waals surface area contributed by atoms with Crippen molar-refractivity contribution in [1.29, 1.82) is 0 Å². The number of pyridine rings is 1. The third kappa shape index (κ3) is 2.83. The predicted molar refractivity (Wildman–Crippen MR) is 56.6 cm³/mol. The van der Waals surface area contributed by atoms with E-state index in [0.29, 0.717) is 11.3 Å². The molecule has 0 spiro atoms. The summed E-state index contributed by atoms with van der Waals surface area (Å²) in [6, 6.07) is 6.12. The first-order valence-corrected chi connectivity index (χ1v) is 4.92. The summed E-state index contributed by atoms with van der Waals surface area (Å²) in [5.41, 5.74) is 1.54. The zero-order valence-electron chi connectivity index (χ0n) is 9.04. The van der Waals surface area contributed by atoms with Crippen LogP contribution in [0.4, 0.5) is 0 Å². The van der Waals surface area contributed by atoms with Crippen molar-refractivity contribution in [3.8, 4) is 0 Å². The minimum Gasteiger partial charge on any atom is -0.261 e. The molecule has 0 N–H and O–H groups in total. The highest BCUT2D eigenvalue weighted by Gasteiger charge is 2.22. The van der Waals surface area contributed by atoms with E-state index in [1.54, 1.807) is 0 Å². The van der Waals surface area contributed by atoms with Gasteiger partial charge in [0.25, 0.3) is 0 Å². The lowest BCUT2D eigenvalue weighted by molar-refractivity contribution is 0.246. The van der Waals surface area contributed by atoms with Crippen molar-refractivity contribution in [2.75, 3.05) is 0 Å². The van der Waals surface area contributed by atoms with Crippen molar-refractivity contribution in [2.45, 2.75) is 34.1 Å². The van der Waals surface area contributed by atoms with E-state index in [1.807, 2.05) is 12.3 Å². The molecule has 0 saturated carbocycles. The van der Waals surface area contributed by atoms with E-state index >= 15 is 0 Å². The van der Waals surface area contributed by atoms with E-state index in [-0.39, 0.29) is 0 Å². The van der Waals surface area contributed by atoms with E-state index in [0.717, 1.165) is 6.42 Å². The zero-order chi connectivity index (χ0) is 9.90. The molecular weight excluding hydrogens is 158 g/mol. The molecule has 1 aromatic heterocycles. The van der Waals surface area contributed by atoms with Crippen molar-refractivity contribution in [3.63, 3.8) is 0 Å². The summed E-state index contributed by atoms with van der Waals surface area (Å²) in [7, 11) is 0. The van der Waals surface area contributed by atoms with Crippen LogP contribution >= 0.6 is 0 Å². The van der Waals surface area contributed by atoms with Crippen molar-refractivity contribution < 1.29 is 0 Å². The molecular formula is C12H19N. The van der Waals surface area contributed by atoms with Gasteiger partial charge < -0.3 is 0 Å². The second-order valence-corrected chi connectivity index (χ2v) is 4.64. The minimum absolute atomic E-state index is 0.342. The van der Waals surface area contributed by atoms with Gasteiger partial charge in [0.2, 0.25) is 0 Å². The Labute approximate surface area is 81.2 Å². The third-order valence-electron chi connectivity index (χ3n) is 2.93. The molecule has 1 heterocycles. The summed E-state index contributed by atoms with van der Waals surface area (Å²) >= 11 is 0. The van der Waals surface area contributed by atoms with Crippen LogP contribution < -0.4 is 0 Å². The smallest absolute Gasteiger partial charge is 0.0409 e. The molecule has 0 atom stereocenters. The fourth-order valence-electron chi connectivity index (χ4n) is 1.17. The molecule has 0 radical (unpaired) electrons. The Morgan fingerprint density at radius 2 is 2.00 bits per heavy atom. The van der Waals surface area contributed by atoms with Crippen LogP contribution in [0, 0.1) is 11.3 Å². The van der Waals surface area contributed by atoms with Gasteiger partial charge >= 0.3 is 0 Å². The van der Waals surface area contributed by atoms with Gasteiger partial charge in [0, 0.05) is 11.9 Å². The van der Waals surface area contributed by atoms with E-state index in [9.17, 15) is 0 Å². The number of nitrogens with zero attached hydrogens (tertiary/aromatic N) is 1. The zero-order valence-corrected chi connectivity index (χ0v) is 9.04. The van der Waals surface area contributed by atoms with Gasteiger partial charge in [0.15, 0.2) is 0 Å². The number of hydrogen-bond donors (Lipinski definition) is 0. The fourth-order valence-corrected chi connectivity index (χ4v) is 1.17. The maximum absolute atomic E-state index is 4.35. The van der Waals surface area contributed by atoms with Crippen LogP contribution in [0.25, 0.3) is 0 Å². The second-order valence-electron chi connectivity index (χ2n) is 4.64. The van der Waals surface area contributed by atoms with Gasteiger partial charge in [-0.1, -0.05) is 33.8 Å². The molecule has 0 amide bonds. The topological polar surface area (TPSA) is 12.9 Å². The molecule has 0 unspecified atom stereocenters. The van der Waals surface area contributed by atoms with Crippen molar-refractivity contribution in [1.82, 2.24) is 4.98 Å². The molecule has 1 rings (SSSR count). The lowest BCUT2D eigenvalue weighted by atomic mass is 9.77. The molecule has 0 bridgehead atoms. The lowest BCUT2D eigenvalue weighted by Crippen LogP contribution is -2.22. The summed E-state index contributed by atoms with van der Waals surface area (Å²) in [5.74, 6) is 0.689. The van der Waals surface area contributed by atoms with Crippen LogP contribution in [0.1, 0.15) is 33.4 Å². The van der Waals surface area contributed by atoms with Crippen molar-refractivity contribution in [3.05, 3.63) is 30.1 Å². The molecule has 1 nitrogen and oxygen atoms in total. The van der Waals surface area contributed by atoms with Crippen LogP contribution in [0.3, 0.4) is 0 Å². The molecule has 0 aliphatic carbocycles. The Morgan fingerprint density at radius 1 is 1.31 bits per heavy atom. The van der Waals surface area contributed by atoms with Gasteiger partial charge in [-0.2, -0.15) is 0 Å². The molecule has 0 aliphatic rings. The number of rotatable bonds is 3. The molecule has 0 saturated heterocycles. The average molecular weight is 177 g/mol. The van der Waals surface area contributed by atoms with Gasteiger partial charge in [-0.25, -0.2) is 0 Å². The van der Waals surface area contributed by atoms with Crippen molar-refractivity contribution >= 4 is 0 Å². The SMILES string of the molecule is CC(C)C(C)(C)Cc1ccccn1. The summed E-state index contributed by atoms with van der Waals surface area (Å²) in [5, 5.41) is 0. The highest BCUT2D eigenvalue weighted by molar-refractivity contribution is 5.05. The summed E-state index contributed by atoms with van der Waals surface area (Å²) in [6.45, 7) is 9.13. The minimum atomic E-state index is 0.342. The van der Waals surface area contributed by atoms with Crippen LogP contribution in [0.15, 0.2) is 24.4 Å². The Morgan fingerprint density at radius 3 is 2.46 bits per heavy atom. The lowest BCUT2D eigenvalue weighted by Gasteiger charge is -2.28. The van der Waals surface area contributed by atoms with Crippen LogP contribution in [0.5, 0.6) is 0 Å². The summed E-state index contributed by atoms with van der Waals surface area (Å²) in [4.78, 5) is 4.35. The quantitative estimate of drug-likeness (QED) is 0.690. The van der Waals surface area contributed by atoms with Gasteiger partial charge in [0.05, 0.1) is 0 Å². The fraction of sp³-hybridized carbons (Fsp3) is 0.583. The molecule has 0 aliphatic heterocycles. The molecule has 1 heteroatoms. The normalized spacial score (nSPS) is 12.1. The average Bonchev–Trinajstić information content (AvgIpc) is 2.05. The third-order valence-corrected chi connectivity index (χ3v) is 2.93. The maximum atomic E-state index is 4.35. The van der Waals surface area contributed by atoms with E-state index < -0.39 is 0 Å². The monoisotopic (exact) mass is 177 g/mol. The Kier molecular flexibility index (Phi) is 3.07. The standard InChI is InChI=1S/C12H19N/c1-10(2)12(3,4)9-11-7-5-6-8-13-11/h5-8,10H,9H2,1-4H3. The Hall–Kier alpha value is -0.850. The molecule has 1 aromatic rings. The van der Waals surface area contributed by atoms with Gasteiger partial charge in [-0.05, 0) is 29.9 Å². The number of aromatic nitrogens is 1. The largest absolute Gasteiger partial charge is 0.261 e. The van der Waals surface area contributed by atoms with Gasteiger partial charge in [0.1, 0.15) is 0 Å². The molecule has 13 heavy (non-hydrogen) atoms. The maximum Gasteiger partial charge on any atom is 0.0409 e. The highest BCUT2D eigenvalue weighted by Crippen LogP contribution is 2.29. The van der Waals surface area contributed by atoms with Gasteiger partial charge in [-0.15, -0.1) is 0 Å². The first-order valence-electron chi connectivity index (χ1n) is 4.92. The van der Waals surface area contributed by atoms with E-state index in [1.165, 1.54) is 5.69 Å². The molecule has 72 valence electrons. The van der Waals surface area contributed by atoms with E-state index in [2.05, 4.69) is 44.8 Å². The first-order chi connectivity index (χ1) is 6.02. The molecule has 0 aromatic carbocycles. The number of hydrogen-bond acceptors (Lipinski definition) is 1. The van der Waals surface area contributed by atoms with Crippen LogP contribution in [-0.2, 0) is 6.42 Å². The van der Waals surface area contributed by atoms with E-state index in [4.69, 9.17) is 0 Å². The van der Waals surface area contributed by atoms with Crippen molar-refractivity contribution in [2.24, 2.45) is 11.3 Å². The second kappa shape index (κ2) is 3.91. The summed E-state index contributed by atoms with van der Waals surface area (Å²) in [6.07, 6.45) is 2.93. The van der Waals surface area contributed by atoms with Crippen LogP contribution in [0.2, 0.25) is 0 Å². The Balaban J connectivity index is 2.69. The predicted octanol–water partition coefficient (Wildman–Crippen LogP) is 3.31. The van der Waals surface area contributed by atoms with Gasteiger partial charge in [-0.3, -0.25) is 4.98 Å². The molecule has 0 fully saturated rings. The first kappa shape index (κ1) is 10.2. The Bertz CT molecular complexity index is 249. The highest BCUT2D eigenvalue weighted by atomic mass is 14.7.